The zero-order valence-corrected chi connectivity index (χ0v) is 15.7. The van der Waals surface area contributed by atoms with Crippen LogP contribution in [0.1, 0.15) is 64.2 Å². The van der Waals surface area contributed by atoms with Crippen LogP contribution in [0.4, 0.5) is 0 Å². The Bertz CT molecular complexity index is 1090. The van der Waals surface area contributed by atoms with Gasteiger partial charge in [0, 0.05) is 28.8 Å². The molecule has 1 aromatic carbocycles. The second kappa shape index (κ2) is 7.23. The molecule has 0 aliphatic carbocycles. The Morgan fingerprint density at radius 1 is 1.19 bits per heavy atom. The molecule has 1 N–H and O–H groups in total. The van der Waals surface area contributed by atoms with Gasteiger partial charge in [-0.3, -0.25) is 4.79 Å². The summed E-state index contributed by atoms with van der Waals surface area (Å²) in [5.41, 5.74) is 3.32. The second-order valence-corrected chi connectivity index (χ2v) is 6.88. The van der Waals surface area contributed by atoms with E-state index in [0.29, 0.717) is 22.6 Å². The monoisotopic (exact) mass is 367 g/mol. The van der Waals surface area contributed by atoms with E-state index in [-0.39, 0.29) is 18.1 Å². The van der Waals surface area contributed by atoms with Gasteiger partial charge in [0.2, 0.25) is 0 Å². The molecule has 0 aliphatic heterocycles. The lowest BCUT2D eigenvalue weighted by Crippen LogP contribution is -2.08. The van der Waals surface area contributed by atoms with Gasteiger partial charge in [-0.15, -0.1) is 0 Å². The quantitative estimate of drug-likeness (QED) is 0.416. The number of H-pyrrole nitrogens is 1. The van der Waals surface area contributed by atoms with E-state index in [4.69, 9.17) is 9.15 Å². The number of carbonyl (C=O) groups excluding carboxylic acids is 2. The van der Waals surface area contributed by atoms with Crippen molar-refractivity contribution in [2.75, 3.05) is 0 Å². The molecule has 6 nitrogen and oxygen atoms in total. The Morgan fingerprint density at radius 2 is 1.93 bits per heavy atom. The highest BCUT2D eigenvalue weighted by molar-refractivity contribution is 5.97. The number of ketones is 1. The average Bonchev–Trinajstić information content (AvgIpc) is 3.08. The third kappa shape index (κ3) is 3.84. The standard InChI is InChI=1S/C21H21NO5/c1-11(2)16-8-17-15(7-20(24)27-19(17)5-12(16)3)10-26-21(25)18-6-14(9-22-18)13(4)23/h5-9,11,22H,10H2,1-4H3. The molecule has 6 heteroatoms. The van der Waals surface area contributed by atoms with Crippen LogP contribution in [0.15, 0.2) is 39.7 Å². The number of Topliss-reactive ketones (excluding diaryl/α,β-unsaturated/α-hetero) is 1. The minimum absolute atomic E-state index is 0.0735. The summed E-state index contributed by atoms with van der Waals surface area (Å²) in [5.74, 6) is -0.436. The average molecular weight is 367 g/mol. The first-order valence-corrected chi connectivity index (χ1v) is 8.70. The number of rotatable bonds is 5. The highest BCUT2D eigenvalue weighted by Gasteiger charge is 2.15. The molecule has 3 rings (SSSR count). The van der Waals surface area contributed by atoms with E-state index in [2.05, 4.69) is 18.8 Å². The molecule has 0 amide bonds. The Morgan fingerprint density at radius 3 is 2.56 bits per heavy atom. The van der Waals surface area contributed by atoms with Crippen LogP contribution in [0.5, 0.6) is 0 Å². The maximum Gasteiger partial charge on any atom is 0.355 e. The molecule has 140 valence electrons. The number of hydrogen-bond donors (Lipinski definition) is 1. The van der Waals surface area contributed by atoms with Crippen LogP contribution in [0.25, 0.3) is 11.0 Å². The van der Waals surface area contributed by atoms with Gasteiger partial charge in [-0.05, 0) is 49.1 Å². The maximum absolute atomic E-state index is 12.2. The summed E-state index contributed by atoms with van der Waals surface area (Å²) in [7, 11) is 0. The van der Waals surface area contributed by atoms with E-state index in [1.54, 1.807) is 0 Å². The van der Waals surface area contributed by atoms with Gasteiger partial charge >= 0.3 is 11.6 Å². The van der Waals surface area contributed by atoms with Gasteiger partial charge < -0.3 is 14.1 Å². The zero-order valence-electron chi connectivity index (χ0n) is 15.7. The molecule has 2 heterocycles. The number of carbonyl (C=O) groups is 2. The molecule has 0 fully saturated rings. The second-order valence-electron chi connectivity index (χ2n) is 6.88. The van der Waals surface area contributed by atoms with Crippen molar-refractivity contribution in [3.05, 3.63) is 68.8 Å². The molecule has 0 aliphatic rings. The first-order chi connectivity index (χ1) is 12.8. The van der Waals surface area contributed by atoms with Crippen molar-refractivity contribution >= 4 is 22.7 Å². The highest BCUT2D eigenvalue weighted by atomic mass is 16.5. The third-order valence-corrected chi connectivity index (χ3v) is 4.51. The van der Waals surface area contributed by atoms with Crippen molar-refractivity contribution in [3.63, 3.8) is 0 Å². The van der Waals surface area contributed by atoms with Crippen LogP contribution in [0, 0.1) is 6.92 Å². The molecule has 0 atom stereocenters. The zero-order chi connectivity index (χ0) is 19.7. The molecule has 0 saturated heterocycles. The van der Waals surface area contributed by atoms with E-state index in [1.165, 1.54) is 25.3 Å². The lowest BCUT2D eigenvalue weighted by Gasteiger charge is -2.13. The van der Waals surface area contributed by atoms with Gasteiger partial charge in [-0.1, -0.05) is 13.8 Å². The number of aromatic nitrogens is 1. The van der Waals surface area contributed by atoms with Crippen molar-refractivity contribution in [1.82, 2.24) is 4.98 Å². The summed E-state index contributed by atoms with van der Waals surface area (Å²) >= 11 is 0. The van der Waals surface area contributed by atoms with Gasteiger partial charge in [-0.25, -0.2) is 9.59 Å². The van der Waals surface area contributed by atoms with Crippen LogP contribution in [-0.2, 0) is 11.3 Å². The van der Waals surface area contributed by atoms with Gasteiger partial charge in [0.25, 0.3) is 0 Å². The van der Waals surface area contributed by atoms with Crippen molar-refractivity contribution in [2.24, 2.45) is 0 Å². The minimum Gasteiger partial charge on any atom is -0.456 e. The van der Waals surface area contributed by atoms with Crippen molar-refractivity contribution in [1.29, 1.82) is 0 Å². The molecule has 0 radical (unpaired) electrons. The molecule has 2 aromatic heterocycles. The Labute approximate surface area is 156 Å². The van der Waals surface area contributed by atoms with E-state index in [1.807, 2.05) is 19.1 Å². The van der Waals surface area contributed by atoms with Crippen molar-refractivity contribution in [3.8, 4) is 0 Å². The number of ether oxygens (including phenoxy) is 1. The molecule has 27 heavy (non-hydrogen) atoms. The largest absolute Gasteiger partial charge is 0.456 e. The number of hydrogen-bond acceptors (Lipinski definition) is 5. The summed E-state index contributed by atoms with van der Waals surface area (Å²) in [6.07, 6.45) is 1.46. The van der Waals surface area contributed by atoms with Gasteiger partial charge in [0.1, 0.15) is 17.9 Å². The predicted molar refractivity (Wildman–Crippen MR) is 101 cm³/mol. The smallest absolute Gasteiger partial charge is 0.355 e. The molecule has 0 bridgehead atoms. The number of aromatic amines is 1. The Kier molecular flexibility index (Phi) is 4.99. The number of esters is 1. The summed E-state index contributed by atoms with van der Waals surface area (Å²) in [6.45, 7) is 7.49. The Balaban J connectivity index is 1.91. The summed E-state index contributed by atoms with van der Waals surface area (Å²) in [6, 6.07) is 6.60. The fourth-order valence-electron chi connectivity index (χ4n) is 3.07. The minimum atomic E-state index is -0.597. The van der Waals surface area contributed by atoms with Gasteiger partial charge in [-0.2, -0.15) is 0 Å². The van der Waals surface area contributed by atoms with Gasteiger partial charge in [0.05, 0.1) is 0 Å². The molecule has 0 spiro atoms. The third-order valence-electron chi connectivity index (χ3n) is 4.51. The fourth-order valence-corrected chi connectivity index (χ4v) is 3.07. The van der Waals surface area contributed by atoms with E-state index < -0.39 is 11.6 Å². The van der Waals surface area contributed by atoms with E-state index >= 15 is 0 Å². The van der Waals surface area contributed by atoms with Crippen LogP contribution in [0.2, 0.25) is 0 Å². The van der Waals surface area contributed by atoms with Crippen LogP contribution in [0.3, 0.4) is 0 Å². The lowest BCUT2D eigenvalue weighted by atomic mass is 9.95. The number of fused-ring (bicyclic) bond motifs is 1. The Hall–Kier alpha value is -3.15. The number of nitrogens with one attached hydrogen (secondary N) is 1. The van der Waals surface area contributed by atoms with E-state index in [9.17, 15) is 14.4 Å². The maximum atomic E-state index is 12.2. The SMILES string of the molecule is CC(=O)c1c[nH]c(C(=O)OCc2cc(=O)oc3cc(C)c(C(C)C)cc23)c1. The first kappa shape index (κ1) is 18.6. The highest BCUT2D eigenvalue weighted by Crippen LogP contribution is 2.27. The summed E-state index contributed by atoms with van der Waals surface area (Å²) in [4.78, 5) is 38.2. The van der Waals surface area contributed by atoms with Crippen LogP contribution in [-0.4, -0.2) is 16.7 Å². The van der Waals surface area contributed by atoms with Gasteiger partial charge in [0.15, 0.2) is 5.78 Å². The molecule has 3 aromatic rings. The van der Waals surface area contributed by atoms with Crippen LogP contribution >= 0.6 is 0 Å². The summed E-state index contributed by atoms with van der Waals surface area (Å²) < 4.78 is 10.6. The van der Waals surface area contributed by atoms with Crippen molar-refractivity contribution < 1.29 is 18.7 Å². The first-order valence-electron chi connectivity index (χ1n) is 8.70. The number of benzene rings is 1. The topological polar surface area (TPSA) is 89.4 Å². The predicted octanol–water partition coefficient (Wildman–Crippen LogP) is 4.11. The molecule has 0 saturated carbocycles. The van der Waals surface area contributed by atoms with Crippen molar-refractivity contribution in [2.45, 2.75) is 40.2 Å². The molecular formula is C21H21NO5. The fraction of sp³-hybridized carbons (Fsp3) is 0.286. The summed E-state index contributed by atoms with van der Waals surface area (Å²) in [5, 5.41) is 0.743. The normalized spacial score (nSPS) is 11.1. The molecule has 0 unspecified atom stereocenters. The van der Waals surface area contributed by atoms with Crippen LogP contribution < -0.4 is 5.63 Å². The lowest BCUT2D eigenvalue weighted by molar-refractivity contribution is 0.0467. The van der Waals surface area contributed by atoms with E-state index in [0.717, 1.165) is 16.5 Å². The molecular weight excluding hydrogens is 346 g/mol. The number of aryl methyl sites for hydroxylation is 1.